The minimum absolute atomic E-state index is 0.583. The van der Waals surface area contributed by atoms with Gasteiger partial charge in [-0.3, -0.25) is 0 Å². The summed E-state index contributed by atoms with van der Waals surface area (Å²) in [5, 5.41) is 0. The van der Waals surface area contributed by atoms with Gasteiger partial charge in [-0.2, -0.15) is 0 Å². The molecule has 0 bridgehead atoms. The van der Waals surface area contributed by atoms with E-state index in [1.54, 1.807) is 0 Å². The van der Waals surface area contributed by atoms with E-state index < -0.39 is 0 Å². The van der Waals surface area contributed by atoms with Crippen LogP contribution >= 0.6 is 0 Å². The lowest BCUT2D eigenvalue weighted by Gasteiger charge is -2.32. The second-order valence-electron chi connectivity index (χ2n) is 6.30. The number of hydrogen-bond acceptors (Lipinski definition) is 1. The zero-order valence-electron chi connectivity index (χ0n) is 13.0. The summed E-state index contributed by atoms with van der Waals surface area (Å²) in [6.45, 7) is 5.54. The van der Waals surface area contributed by atoms with E-state index in [2.05, 4.69) is 79.8 Å². The number of benzene rings is 2. The molecule has 1 radical (unpaired) electrons. The molecule has 1 heteroatoms. The van der Waals surface area contributed by atoms with E-state index in [1.165, 1.54) is 16.8 Å². The zero-order valence-corrected chi connectivity index (χ0v) is 13.0. The predicted octanol–water partition coefficient (Wildman–Crippen LogP) is 4.52. The summed E-state index contributed by atoms with van der Waals surface area (Å²) in [5.74, 6) is 0.625. The van der Waals surface area contributed by atoms with Crippen molar-refractivity contribution in [1.82, 2.24) is 0 Å². The third-order valence-corrected chi connectivity index (χ3v) is 4.33. The van der Waals surface area contributed by atoms with Gasteiger partial charge in [0.1, 0.15) is 0 Å². The first-order chi connectivity index (χ1) is 10.2. The Morgan fingerprint density at radius 1 is 0.952 bits per heavy atom. The first-order valence-corrected chi connectivity index (χ1v) is 7.96. The Labute approximate surface area is 128 Å². The summed E-state index contributed by atoms with van der Waals surface area (Å²) >= 11 is 0. The molecule has 0 aromatic heterocycles. The summed E-state index contributed by atoms with van der Waals surface area (Å²) in [6.07, 6.45) is 4.74. The maximum atomic E-state index is 2.57. The van der Waals surface area contributed by atoms with E-state index in [-0.39, 0.29) is 0 Å². The molecule has 0 heterocycles. The highest BCUT2D eigenvalue weighted by Gasteiger charge is 2.26. The van der Waals surface area contributed by atoms with Crippen molar-refractivity contribution >= 4 is 5.69 Å². The molecule has 21 heavy (non-hydrogen) atoms. The monoisotopic (exact) mass is 278 g/mol. The molecule has 0 saturated carbocycles. The van der Waals surface area contributed by atoms with Gasteiger partial charge in [0.05, 0.1) is 0 Å². The Hall–Kier alpha value is -1.76. The van der Waals surface area contributed by atoms with Crippen LogP contribution in [0.25, 0.3) is 0 Å². The number of rotatable bonds is 5. The van der Waals surface area contributed by atoms with Crippen molar-refractivity contribution in [2.45, 2.75) is 32.7 Å². The van der Waals surface area contributed by atoms with Gasteiger partial charge < -0.3 is 4.90 Å². The number of anilines is 1. The molecule has 0 aliphatic heterocycles. The lowest BCUT2D eigenvalue weighted by atomic mass is 10.1. The van der Waals surface area contributed by atoms with Crippen LogP contribution in [0.4, 0.5) is 5.69 Å². The molecule has 2 aromatic carbocycles. The van der Waals surface area contributed by atoms with E-state index in [4.69, 9.17) is 0 Å². The molecule has 0 spiro atoms. The van der Waals surface area contributed by atoms with Crippen LogP contribution in [0.15, 0.2) is 54.6 Å². The fourth-order valence-electron chi connectivity index (χ4n) is 3.17. The third kappa shape index (κ3) is 3.29. The first kappa shape index (κ1) is 14.2. The van der Waals surface area contributed by atoms with Gasteiger partial charge in [-0.15, -0.1) is 0 Å². The molecule has 0 atom stereocenters. The fourth-order valence-corrected chi connectivity index (χ4v) is 3.17. The minimum atomic E-state index is 0.583. The number of para-hydroxylation sites is 1. The van der Waals surface area contributed by atoms with Gasteiger partial charge in [-0.05, 0) is 48.4 Å². The van der Waals surface area contributed by atoms with Crippen LogP contribution in [-0.4, -0.2) is 12.6 Å². The van der Waals surface area contributed by atoms with Crippen LogP contribution in [0, 0.1) is 12.3 Å². The van der Waals surface area contributed by atoms with Crippen LogP contribution in [0.2, 0.25) is 0 Å². The summed E-state index contributed by atoms with van der Waals surface area (Å²) < 4.78 is 0. The third-order valence-electron chi connectivity index (χ3n) is 4.33. The molecule has 1 aliphatic carbocycles. The maximum absolute atomic E-state index is 2.57. The van der Waals surface area contributed by atoms with Crippen molar-refractivity contribution in [3.05, 3.63) is 72.1 Å². The smallest absolute Gasteiger partial charge is 0.0370 e. The molecule has 3 rings (SSSR count). The molecule has 0 N–H and O–H groups in total. The maximum Gasteiger partial charge on any atom is 0.0370 e. The fraction of sp³-hybridized carbons (Fsp3) is 0.350. The molecule has 0 saturated heterocycles. The molecular weight excluding hydrogens is 254 g/mol. The highest BCUT2D eigenvalue weighted by molar-refractivity contribution is 5.50. The van der Waals surface area contributed by atoms with Crippen LogP contribution in [-0.2, 0) is 12.8 Å². The number of fused-ring (bicyclic) bond motifs is 1. The van der Waals surface area contributed by atoms with E-state index >= 15 is 0 Å². The molecule has 0 amide bonds. The second kappa shape index (κ2) is 6.34. The lowest BCUT2D eigenvalue weighted by molar-refractivity contribution is 0.609. The Bertz CT molecular complexity index is 548. The number of nitrogens with zero attached hydrogens (tertiary/aromatic N) is 1. The van der Waals surface area contributed by atoms with Gasteiger partial charge >= 0.3 is 0 Å². The van der Waals surface area contributed by atoms with Crippen molar-refractivity contribution in [3.8, 4) is 0 Å². The van der Waals surface area contributed by atoms with Crippen molar-refractivity contribution in [2.75, 3.05) is 11.4 Å². The van der Waals surface area contributed by atoms with E-state index in [0.29, 0.717) is 12.0 Å². The lowest BCUT2D eigenvalue weighted by Crippen LogP contribution is -2.37. The van der Waals surface area contributed by atoms with Gasteiger partial charge in [0.25, 0.3) is 0 Å². The summed E-state index contributed by atoms with van der Waals surface area (Å²) in [7, 11) is 0. The quantitative estimate of drug-likeness (QED) is 0.777. The Morgan fingerprint density at radius 3 is 2.10 bits per heavy atom. The van der Waals surface area contributed by atoms with Crippen molar-refractivity contribution in [2.24, 2.45) is 5.92 Å². The number of hydrogen-bond donors (Lipinski definition) is 0. The highest BCUT2D eigenvalue weighted by atomic mass is 15.2. The van der Waals surface area contributed by atoms with Crippen molar-refractivity contribution < 1.29 is 0 Å². The highest BCUT2D eigenvalue weighted by Crippen LogP contribution is 2.29. The SMILES string of the molecule is CC(C)[CH]CN(c1ccccc1)C1Cc2ccccc2C1. The van der Waals surface area contributed by atoms with Gasteiger partial charge in [0, 0.05) is 18.3 Å². The Kier molecular flexibility index (Phi) is 4.28. The standard InChI is InChI=1S/C20H24N/c1-16(2)12-13-21(19-10-4-3-5-11-19)20-14-17-8-6-7-9-18(17)15-20/h3-12,16,20H,13-15H2,1-2H3. The van der Waals surface area contributed by atoms with Crippen molar-refractivity contribution in [3.63, 3.8) is 0 Å². The molecule has 0 unspecified atom stereocenters. The summed E-state index contributed by atoms with van der Waals surface area (Å²) in [4.78, 5) is 2.57. The average molecular weight is 278 g/mol. The van der Waals surface area contributed by atoms with Gasteiger partial charge in [-0.1, -0.05) is 56.3 Å². The first-order valence-electron chi connectivity index (χ1n) is 7.96. The van der Waals surface area contributed by atoms with Crippen LogP contribution in [0.3, 0.4) is 0 Å². The van der Waals surface area contributed by atoms with Crippen LogP contribution in [0.5, 0.6) is 0 Å². The summed E-state index contributed by atoms with van der Waals surface area (Å²) in [6, 6.07) is 20.3. The predicted molar refractivity (Wildman–Crippen MR) is 90.6 cm³/mol. The molecule has 1 nitrogen and oxygen atoms in total. The van der Waals surface area contributed by atoms with E-state index in [0.717, 1.165) is 19.4 Å². The Balaban J connectivity index is 1.80. The van der Waals surface area contributed by atoms with Crippen molar-refractivity contribution in [1.29, 1.82) is 0 Å². The largest absolute Gasteiger partial charge is 0.368 e. The molecule has 2 aromatic rings. The van der Waals surface area contributed by atoms with E-state index in [9.17, 15) is 0 Å². The van der Waals surface area contributed by atoms with Gasteiger partial charge in [0.15, 0.2) is 0 Å². The summed E-state index contributed by atoms with van der Waals surface area (Å²) in [5.41, 5.74) is 4.38. The normalized spacial score (nSPS) is 14.4. The van der Waals surface area contributed by atoms with E-state index in [1.807, 2.05) is 0 Å². The Morgan fingerprint density at radius 2 is 1.52 bits per heavy atom. The van der Waals surface area contributed by atoms with Gasteiger partial charge in [-0.25, -0.2) is 0 Å². The second-order valence-corrected chi connectivity index (χ2v) is 6.30. The molecule has 1 aliphatic rings. The average Bonchev–Trinajstić information content (AvgIpc) is 2.92. The van der Waals surface area contributed by atoms with Gasteiger partial charge in [0.2, 0.25) is 0 Å². The molecule has 109 valence electrons. The zero-order chi connectivity index (χ0) is 14.7. The topological polar surface area (TPSA) is 3.24 Å². The minimum Gasteiger partial charge on any atom is -0.368 e. The van der Waals surface area contributed by atoms with Crippen LogP contribution < -0.4 is 4.90 Å². The van der Waals surface area contributed by atoms with Crippen LogP contribution in [0.1, 0.15) is 25.0 Å². The molecular formula is C20H24N. The molecule has 0 fully saturated rings.